The summed E-state index contributed by atoms with van der Waals surface area (Å²) >= 11 is 2.74. The zero-order valence-corrected chi connectivity index (χ0v) is 13.7. The van der Waals surface area contributed by atoms with E-state index in [4.69, 9.17) is 0 Å². The number of hydrogen-bond donors (Lipinski definition) is 1. The van der Waals surface area contributed by atoms with Crippen molar-refractivity contribution < 1.29 is 19.6 Å². The number of benzene rings is 1. The summed E-state index contributed by atoms with van der Waals surface area (Å²) in [5, 5.41) is 20.3. The van der Waals surface area contributed by atoms with Gasteiger partial charge in [0.15, 0.2) is 5.78 Å². The summed E-state index contributed by atoms with van der Waals surface area (Å²) in [6.45, 7) is 1.97. The second-order valence-electron chi connectivity index (χ2n) is 4.76. The molecule has 0 spiro atoms. The van der Waals surface area contributed by atoms with E-state index in [1.165, 1.54) is 47.8 Å². The number of hydrogen-bond acceptors (Lipinski definition) is 6. The van der Waals surface area contributed by atoms with E-state index in [9.17, 15) is 24.8 Å². The Balaban J connectivity index is 2.24. The van der Waals surface area contributed by atoms with E-state index in [0.717, 1.165) is 11.8 Å². The number of nitro groups is 1. The van der Waals surface area contributed by atoms with Crippen LogP contribution in [0.1, 0.15) is 12.5 Å². The molecular formula is C15H13NO5S2. The predicted molar refractivity (Wildman–Crippen MR) is 91.3 cm³/mol. The average Bonchev–Trinajstić information content (AvgIpc) is 2.91. The maximum Gasteiger partial charge on any atom is 0.341 e. The molecule has 6 nitrogen and oxygen atoms in total. The van der Waals surface area contributed by atoms with Crippen molar-refractivity contribution in [3.63, 3.8) is 0 Å². The van der Waals surface area contributed by atoms with Gasteiger partial charge in [-0.25, -0.2) is 4.79 Å². The highest BCUT2D eigenvalue weighted by Gasteiger charge is 2.27. The molecule has 0 unspecified atom stereocenters. The minimum atomic E-state index is -1.26. The number of carboxylic acids is 1. The largest absolute Gasteiger partial charge is 0.477 e. The van der Waals surface area contributed by atoms with Crippen LogP contribution in [0.15, 0.2) is 40.2 Å². The topological polar surface area (TPSA) is 97.5 Å². The zero-order chi connectivity index (χ0) is 17.0. The molecule has 2 rings (SSSR count). The highest BCUT2D eigenvalue weighted by molar-refractivity contribution is 8.25. The van der Waals surface area contributed by atoms with Crippen LogP contribution in [0, 0.1) is 10.1 Å². The number of allylic oxidation sites excluding steroid dienone is 1. The molecule has 1 N–H and O–H groups in total. The zero-order valence-electron chi connectivity index (χ0n) is 12.1. The lowest BCUT2D eigenvalue weighted by atomic mass is 10.1. The van der Waals surface area contributed by atoms with Gasteiger partial charge in [0.2, 0.25) is 0 Å². The smallest absolute Gasteiger partial charge is 0.341 e. The van der Waals surface area contributed by atoms with E-state index < -0.39 is 16.7 Å². The van der Waals surface area contributed by atoms with Crippen molar-refractivity contribution in [1.29, 1.82) is 0 Å². The number of thioether (sulfide) groups is 2. The van der Waals surface area contributed by atoms with Gasteiger partial charge in [0.1, 0.15) is 5.57 Å². The van der Waals surface area contributed by atoms with Gasteiger partial charge in [-0.15, -0.1) is 23.5 Å². The monoisotopic (exact) mass is 351 g/mol. The summed E-state index contributed by atoms with van der Waals surface area (Å²) in [7, 11) is 0. The Labute approximate surface area is 140 Å². The van der Waals surface area contributed by atoms with Crippen LogP contribution < -0.4 is 0 Å². The molecule has 1 aliphatic rings. The molecule has 1 heterocycles. The second-order valence-corrected chi connectivity index (χ2v) is 7.49. The van der Waals surface area contributed by atoms with Gasteiger partial charge in [-0.3, -0.25) is 14.9 Å². The molecule has 1 saturated heterocycles. The van der Waals surface area contributed by atoms with Crippen LogP contribution >= 0.6 is 23.5 Å². The first-order valence-electron chi connectivity index (χ1n) is 6.62. The molecular weight excluding hydrogens is 338 g/mol. The molecule has 1 aliphatic heterocycles. The Kier molecular flexibility index (Phi) is 5.62. The van der Waals surface area contributed by atoms with Crippen LogP contribution in [-0.4, -0.2) is 32.8 Å². The lowest BCUT2D eigenvalue weighted by Crippen LogP contribution is -2.11. The van der Waals surface area contributed by atoms with Gasteiger partial charge >= 0.3 is 5.97 Å². The second kappa shape index (κ2) is 7.47. The number of non-ortho nitro benzene ring substituents is 1. The highest BCUT2D eigenvalue weighted by atomic mass is 32.2. The highest BCUT2D eigenvalue weighted by Crippen LogP contribution is 2.43. The summed E-state index contributed by atoms with van der Waals surface area (Å²) < 4.78 is 0.513. The number of nitrogens with zero attached hydrogens (tertiary/aromatic N) is 1. The van der Waals surface area contributed by atoms with Gasteiger partial charge in [-0.1, -0.05) is 25.1 Å². The average molecular weight is 351 g/mol. The van der Waals surface area contributed by atoms with E-state index in [1.807, 2.05) is 6.92 Å². The number of aliphatic carboxylic acids is 1. The van der Waals surface area contributed by atoms with Gasteiger partial charge < -0.3 is 5.11 Å². The Hall–Kier alpha value is -2.06. The molecule has 1 aromatic carbocycles. The fraction of sp³-hybridized carbons (Fsp3) is 0.200. The van der Waals surface area contributed by atoms with Crippen LogP contribution in [0.4, 0.5) is 5.69 Å². The number of nitro benzene ring substituents is 1. The lowest BCUT2D eigenvalue weighted by molar-refractivity contribution is -0.384. The van der Waals surface area contributed by atoms with Crippen molar-refractivity contribution >= 4 is 47.0 Å². The molecule has 1 aromatic rings. The molecule has 23 heavy (non-hydrogen) atoms. The summed E-state index contributed by atoms with van der Waals surface area (Å²) in [4.78, 5) is 33.7. The molecule has 0 radical (unpaired) electrons. The van der Waals surface area contributed by atoms with Gasteiger partial charge in [0.25, 0.3) is 5.69 Å². The summed E-state index contributed by atoms with van der Waals surface area (Å²) in [5.74, 6) is -1.12. The van der Waals surface area contributed by atoms with Crippen molar-refractivity contribution in [2.24, 2.45) is 0 Å². The minimum Gasteiger partial charge on any atom is -0.477 e. The maximum absolute atomic E-state index is 12.2. The first-order chi connectivity index (χ1) is 10.9. The van der Waals surface area contributed by atoms with Gasteiger partial charge in [-0.05, 0) is 11.6 Å². The number of carbonyl (C=O) groups excluding carboxylic acids is 1. The Bertz CT molecular complexity index is 726. The molecule has 1 atom stereocenters. The molecule has 120 valence electrons. The summed E-state index contributed by atoms with van der Waals surface area (Å²) in [6.07, 6.45) is 2.52. The van der Waals surface area contributed by atoms with Crippen molar-refractivity contribution in [3.8, 4) is 0 Å². The van der Waals surface area contributed by atoms with Crippen LogP contribution in [0.3, 0.4) is 0 Å². The standard InChI is InChI=1S/C15H13NO5S2/c1-9-8-22-15(23-9)13(14(18)19)12(17)6-5-10-3-2-4-11(7-10)16(20)21/h2-7,9H,8H2,1H3,(H,18,19)/b6-5+,15-13-/t9-/m0/s1. The lowest BCUT2D eigenvalue weighted by Gasteiger charge is -2.02. The molecule has 8 heteroatoms. The Morgan fingerprint density at radius 3 is 2.74 bits per heavy atom. The minimum absolute atomic E-state index is 0.0906. The number of ketones is 1. The van der Waals surface area contributed by atoms with Crippen molar-refractivity contribution in [2.75, 3.05) is 5.75 Å². The van der Waals surface area contributed by atoms with Crippen LogP contribution in [0.5, 0.6) is 0 Å². The summed E-state index contributed by atoms with van der Waals surface area (Å²) in [5.41, 5.74) is 0.126. The fourth-order valence-corrected chi connectivity index (χ4v) is 4.70. The molecule has 0 amide bonds. The van der Waals surface area contributed by atoms with E-state index >= 15 is 0 Å². The van der Waals surface area contributed by atoms with Crippen molar-refractivity contribution in [1.82, 2.24) is 0 Å². The fourth-order valence-electron chi connectivity index (χ4n) is 1.87. The Morgan fingerprint density at radius 1 is 1.43 bits per heavy atom. The maximum atomic E-state index is 12.2. The van der Waals surface area contributed by atoms with E-state index in [2.05, 4.69) is 0 Å². The quantitative estimate of drug-likeness (QED) is 0.286. The third-order valence-corrected chi connectivity index (χ3v) is 5.90. The molecule has 0 bridgehead atoms. The van der Waals surface area contributed by atoms with Gasteiger partial charge in [0, 0.05) is 23.1 Å². The van der Waals surface area contributed by atoms with Crippen LogP contribution in [-0.2, 0) is 9.59 Å². The molecule has 0 aromatic heterocycles. The first kappa shape index (κ1) is 17.3. The molecule has 0 saturated carbocycles. The number of rotatable bonds is 5. The SMILES string of the molecule is C[C@H]1CS/C(=C(/C(=O)O)C(=O)/C=C/c2cccc([N+](=O)[O-])c2)S1. The van der Waals surface area contributed by atoms with E-state index in [1.54, 1.807) is 6.07 Å². The summed E-state index contributed by atoms with van der Waals surface area (Å²) in [6, 6.07) is 5.77. The number of carboxylic acid groups (broad SMARTS) is 1. The Morgan fingerprint density at radius 2 is 2.17 bits per heavy atom. The number of carbonyl (C=O) groups is 2. The van der Waals surface area contributed by atoms with Crippen LogP contribution in [0.25, 0.3) is 6.08 Å². The van der Waals surface area contributed by atoms with Crippen molar-refractivity contribution in [3.05, 3.63) is 55.8 Å². The van der Waals surface area contributed by atoms with Gasteiger partial charge in [0.05, 0.1) is 9.16 Å². The van der Waals surface area contributed by atoms with E-state index in [0.29, 0.717) is 9.80 Å². The third kappa shape index (κ3) is 4.46. The molecule has 1 fully saturated rings. The normalized spacial score (nSPS) is 19.8. The predicted octanol–water partition coefficient (Wildman–Crippen LogP) is 3.34. The first-order valence-corrected chi connectivity index (χ1v) is 8.49. The third-order valence-electron chi connectivity index (χ3n) is 2.93. The van der Waals surface area contributed by atoms with E-state index in [-0.39, 0.29) is 16.5 Å². The van der Waals surface area contributed by atoms with Crippen LogP contribution in [0.2, 0.25) is 0 Å². The van der Waals surface area contributed by atoms with Crippen molar-refractivity contribution in [2.45, 2.75) is 12.2 Å². The van der Waals surface area contributed by atoms with Gasteiger partial charge in [-0.2, -0.15) is 0 Å². The molecule has 0 aliphatic carbocycles.